The number of ether oxygens (including phenoxy) is 1. The average molecular weight is 327 g/mol. The molecule has 1 saturated carbocycles. The molecule has 1 aromatic rings. The summed E-state index contributed by atoms with van der Waals surface area (Å²) in [4.78, 5) is 11.7. The third kappa shape index (κ3) is 3.37. The normalized spacial score (nSPS) is 27.0. The largest absolute Gasteiger partial charge is 0.466 e. The molecule has 0 radical (unpaired) electrons. The van der Waals surface area contributed by atoms with Gasteiger partial charge in [0.15, 0.2) is 0 Å². The van der Waals surface area contributed by atoms with Crippen molar-refractivity contribution in [2.45, 2.75) is 38.2 Å². The van der Waals surface area contributed by atoms with Crippen LogP contribution in [0.3, 0.4) is 0 Å². The van der Waals surface area contributed by atoms with E-state index >= 15 is 0 Å². The first-order chi connectivity index (χ1) is 9.05. The van der Waals surface area contributed by atoms with Gasteiger partial charge in [0.05, 0.1) is 18.1 Å². The molecule has 0 aliphatic heterocycles. The maximum absolute atomic E-state index is 11.7. The topological polar surface area (TPSA) is 46.5 Å². The van der Waals surface area contributed by atoms with Gasteiger partial charge in [-0.15, -0.1) is 0 Å². The van der Waals surface area contributed by atoms with E-state index in [0.717, 1.165) is 10.0 Å². The summed E-state index contributed by atoms with van der Waals surface area (Å²) in [5, 5.41) is 10.7. The molecule has 0 unspecified atom stereocenters. The Balaban J connectivity index is 2.01. The summed E-state index contributed by atoms with van der Waals surface area (Å²) >= 11 is 3.39. The van der Waals surface area contributed by atoms with E-state index in [4.69, 9.17) is 4.74 Å². The molecule has 1 aliphatic rings. The molecule has 1 aromatic carbocycles. The van der Waals surface area contributed by atoms with E-state index in [1.54, 1.807) is 0 Å². The van der Waals surface area contributed by atoms with Crippen molar-refractivity contribution in [3.63, 3.8) is 0 Å². The molecule has 0 spiro atoms. The first kappa shape index (κ1) is 14.5. The molecule has 1 aliphatic carbocycles. The predicted molar refractivity (Wildman–Crippen MR) is 76.6 cm³/mol. The van der Waals surface area contributed by atoms with E-state index in [0.29, 0.717) is 32.3 Å². The summed E-state index contributed by atoms with van der Waals surface area (Å²) in [7, 11) is 0. The number of carbonyl (C=O) groups excluding carboxylic acids is 1. The van der Waals surface area contributed by atoms with Crippen molar-refractivity contribution in [3.05, 3.63) is 34.3 Å². The van der Waals surface area contributed by atoms with Gasteiger partial charge < -0.3 is 9.84 Å². The summed E-state index contributed by atoms with van der Waals surface area (Å²) in [6.07, 6.45) is 2.59. The van der Waals surface area contributed by atoms with Crippen LogP contribution in [0.4, 0.5) is 0 Å². The molecule has 0 amide bonds. The van der Waals surface area contributed by atoms with Crippen LogP contribution >= 0.6 is 15.9 Å². The van der Waals surface area contributed by atoms with Crippen LogP contribution in [0.5, 0.6) is 0 Å². The molecule has 3 nitrogen and oxygen atoms in total. The summed E-state index contributed by atoms with van der Waals surface area (Å²) in [6, 6.07) is 7.75. The molecule has 0 saturated heterocycles. The van der Waals surface area contributed by atoms with E-state index in [-0.39, 0.29) is 11.9 Å². The molecule has 104 valence electrons. The molecule has 1 N–H and O–H groups in total. The Kier molecular flexibility index (Phi) is 4.63. The first-order valence-electron chi connectivity index (χ1n) is 6.70. The quantitative estimate of drug-likeness (QED) is 0.866. The van der Waals surface area contributed by atoms with Crippen LogP contribution in [0.15, 0.2) is 28.7 Å². The van der Waals surface area contributed by atoms with Gasteiger partial charge in [-0.25, -0.2) is 0 Å². The number of hydrogen-bond donors (Lipinski definition) is 1. The van der Waals surface area contributed by atoms with Crippen LogP contribution in [-0.2, 0) is 15.1 Å². The fourth-order valence-corrected chi connectivity index (χ4v) is 2.90. The zero-order valence-corrected chi connectivity index (χ0v) is 12.6. The van der Waals surface area contributed by atoms with Crippen molar-refractivity contribution in [2.75, 3.05) is 6.61 Å². The van der Waals surface area contributed by atoms with Crippen molar-refractivity contribution in [2.24, 2.45) is 5.92 Å². The second kappa shape index (κ2) is 6.06. The minimum atomic E-state index is -0.802. The molecule has 19 heavy (non-hydrogen) atoms. The molecular formula is C15H19BrO3. The Morgan fingerprint density at radius 3 is 2.47 bits per heavy atom. The highest BCUT2D eigenvalue weighted by Gasteiger charge is 2.37. The van der Waals surface area contributed by atoms with Crippen LogP contribution in [0.1, 0.15) is 38.2 Å². The van der Waals surface area contributed by atoms with Crippen molar-refractivity contribution >= 4 is 21.9 Å². The molecular weight excluding hydrogens is 308 g/mol. The Morgan fingerprint density at radius 1 is 1.37 bits per heavy atom. The number of benzene rings is 1. The number of halogens is 1. The van der Waals surface area contributed by atoms with Crippen LogP contribution in [0, 0.1) is 5.92 Å². The Bertz CT molecular complexity index is 433. The highest BCUT2D eigenvalue weighted by atomic mass is 79.9. The van der Waals surface area contributed by atoms with Crippen LogP contribution < -0.4 is 0 Å². The van der Waals surface area contributed by atoms with E-state index in [1.807, 2.05) is 31.2 Å². The Hall–Kier alpha value is -0.870. The van der Waals surface area contributed by atoms with Gasteiger partial charge in [0.2, 0.25) is 0 Å². The van der Waals surface area contributed by atoms with Crippen molar-refractivity contribution in [3.8, 4) is 0 Å². The highest BCUT2D eigenvalue weighted by Crippen LogP contribution is 2.40. The Morgan fingerprint density at radius 2 is 1.95 bits per heavy atom. The van der Waals surface area contributed by atoms with Gasteiger partial charge in [0.1, 0.15) is 0 Å². The fourth-order valence-electron chi connectivity index (χ4n) is 2.64. The fraction of sp³-hybridized carbons (Fsp3) is 0.533. The van der Waals surface area contributed by atoms with Gasteiger partial charge in [-0.3, -0.25) is 4.79 Å². The highest BCUT2D eigenvalue weighted by molar-refractivity contribution is 9.10. The lowest BCUT2D eigenvalue weighted by Crippen LogP contribution is -2.34. The predicted octanol–water partition coefficient (Wildman–Crippen LogP) is 3.39. The van der Waals surface area contributed by atoms with Gasteiger partial charge >= 0.3 is 5.97 Å². The summed E-state index contributed by atoms with van der Waals surface area (Å²) < 4.78 is 6.04. The number of hydrogen-bond acceptors (Lipinski definition) is 3. The van der Waals surface area contributed by atoms with Crippen molar-refractivity contribution in [1.82, 2.24) is 0 Å². The average Bonchev–Trinajstić information content (AvgIpc) is 2.40. The maximum Gasteiger partial charge on any atom is 0.308 e. The lowest BCUT2D eigenvalue weighted by atomic mass is 9.75. The number of aliphatic hydroxyl groups is 1. The van der Waals surface area contributed by atoms with Crippen LogP contribution in [0.25, 0.3) is 0 Å². The summed E-state index contributed by atoms with van der Waals surface area (Å²) in [6.45, 7) is 2.24. The van der Waals surface area contributed by atoms with Crippen molar-refractivity contribution in [1.29, 1.82) is 0 Å². The summed E-state index contributed by atoms with van der Waals surface area (Å²) in [5.74, 6) is -0.184. The van der Waals surface area contributed by atoms with Gasteiger partial charge in [-0.1, -0.05) is 28.1 Å². The molecule has 0 atom stereocenters. The van der Waals surface area contributed by atoms with Gasteiger partial charge in [0.25, 0.3) is 0 Å². The first-order valence-corrected chi connectivity index (χ1v) is 7.49. The molecule has 0 heterocycles. The third-order valence-corrected chi connectivity index (χ3v) is 4.34. The molecule has 2 rings (SSSR count). The second-order valence-electron chi connectivity index (χ2n) is 5.06. The number of carbonyl (C=O) groups is 1. The lowest BCUT2D eigenvalue weighted by Gasteiger charge is -2.35. The monoisotopic (exact) mass is 326 g/mol. The standard InChI is InChI=1S/C15H19BrO3/c1-2-19-14(17)11-7-9-15(18,10-8-11)12-3-5-13(16)6-4-12/h3-6,11,18H,2,7-10H2,1H3/t11-,15+. The minimum Gasteiger partial charge on any atom is -0.466 e. The number of rotatable bonds is 3. The van der Waals surface area contributed by atoms with E-state index in [9.17, 15) is 9.90 Å². The van der Waals surface area contributed by atoms with E-state index < -0.39 is 5.60 Å². The maximum atomic E-state index is 11.7. The van der Waals surface area contributed by atoms with Crippen LogP contribution in [-0.4, -0.2) is 17.7 Å². The minimum absolute atomic E-state index is 0.0596. The molecule has 4 heteroatoms. The molecule has 0 bridgehead atoms. The Labute approximate surface area is 122 Å². The zero-order chi connectivity index (χ0) is 13.9. The van der Waals surface area contributed by atoms with E-state index in [2.05, 4.69) is 15.9 Å². The van der Waals surface area contributed by atoms with Crippen LogP contribution in [0.2, 0.25) is 0 Å². The number of esters is 1. The smallest absolute Gasteiger partial charge is 0.308 e. The van der Waals surface area contributed by atoms with Crippen molar-refractivity contribution < 1.29 is 14.6 Å². The van der Waals surface area contributed by atoms with Gasteiger partial charge in [0, 0.05) is 4.47 Å². The third-order valence-electron chi connectivity index (χ3n) is 3.81. The van der Waals surface area contributed by atoms with Gasteiger partial charge in [-0.05, 0) is 50.3 Å². The van der Waals surface area contributed by atoms with E-state index in [1.165, 1.54) is 0 Å². The van der Waals surface area contributed by atoms with Gasteiger partial charge in [-0.2, -0.15) is 0 Å². The lowest BCUT2D eigenvalue weighted by molar-refractivity contribution is -0.151. The second-order valence-corrected chi connectivity index (χ2v) is 5.98. The molecule has 0 aromatic heterocycles. The zero-order valence-electron chi connectivity index (χ0n) is 11.1. The summed E-state index contributed by atoms with van der Waals surface area (Å²) in [5.41, 5.74) is 0.127. The molecule has 1 fully saturated rings. The SMILES string of the molecule is CCOC(=O)[C@H]1CC[C@](O)(c2ccc(Br)cc2)CC1.